The molecule has 1 heterocycles. The number of aromatic nitrogens is 2. The number of benzene rings is 2. The smallest absolute Gasteiger partial charge is 0.266 e. The van der Waals surface area contributed by atoms with E-state index in [-0.39, 0.29) is 11.3 Å². The first-order chi connectivity index (χ1) is 10.7. The Bertz CT molecular complexity index is 914. The zero-order valence-electron chi connectivity index (χ0n) is 11.4. The number of hydrogen-bond donors (Lipinski definition) is 2. The van der Waals surface area contributed by atoms with Crippen LogP contribution in [0.5, 0.6) is 0 Å². The Morgan fingerprint density at radius 2 is 1.82 bits per heavy atom. The van der Waals surface area contributed by atoms with Crippen molar-refractivity contribution in [2.45, 2.75) is 0 Å². The summed E-state index contributed by atoms with van der Waals surface area (Å²) in [7, 11) is 0. The summed E-state index contributed by atoms with van der Waals surface area (Å²) in [6.45, 7) is 0. The van der Waals surface area contributed by atoms with E-state index in [1.807, 2.05) is 0 Å². The Morgan fingerprint density at radius 3 is 2.55 bits per heavy atom. The van der Waals surface area contributed by atoms with E-state index in [0.29, 0.717) is 34.3 Å². The van der Waals surface area contributed by atoms with E-state index in [9.17, 15) is 14.4 Å². The Balaban J connectivity index is 1.97. The number of fused-ring (bicyclic) bond motifs is 1. The van der Waals surface area contributed by atoms with Gasteiger partial charge in [0.2, 0.25) is 6.41 Å². The molecule has 0 aliphatic rings. The van der Waals surface area contributed by atoms with Gasteiger partial charge in [0.1, 0.15) is 0 Å². The van der Waals surface area contributed by atoms with Crippen LogP contribution in [0.1, 0.15) is 15.9 Å². The lowest BCUT2D eigenvalue weighted by Crippen LogP contribution is -2.07. The molecule has 6 heteroatoms. The second kappa shape index (κ2) is 5.61. The number of carbonyl (C=O) groups is 2. The molecular formula is C16H11N3O3. The fraction of sp³-hybridized carbons (Fsp3) is 0. The molecule has 0 fully saturated rings. The second-order valence-electron chi connectivity index (χ2n) is 4.65. The third kappa shape index (κ3) is 2.62. The zero-order chi connectivity index (χ0) is 15.5. The zero-order valence-corrected chi connectivity index (χ0v) is 11.4. The van der Waals surface area contributed by atoms with E-state index < -0.39 is 0 Å². The number of rotatable bonds is 4. The first-order valence-electron chi connectivity index (χ1n) is 6.51. The van der Waals surface area contributed by atoms with Crippen molar-refractivity contribution in [1.29, 1.82) is 0 Å². The standard InChI is InChI=1S/C16H11N3O3/c20-9-18-12-4-1-10(2-5-12)16(22)11-3-6-13-14(7-11)19-15(21)8-17-13/h1-9H,(H,18,20)(H,19,21). The first kappa shape index (κ1) is 13.7. The number of H-pyrrole nitrogens is 1. The van der Waals surface area contributed by atoms with Crippen molar-refractivity contribution >= 4 is 28.9 Å². The van der Waals surface area contributed by atoms with E-state index in [4.69, 9.17) is 0 Å². The summed E-state index contributed by atoms with van der Waals surface area (Å²) in [5, 5.41) is 2.50. The summed E-state index contributed by atoms with van der Waals surface area (Å²) < 4.78 is 0. The maximum absolute atomic E-state index is 12.4. The van der Waals surface area contributed by atoms with Gasteiger partial charge in [-0.25, -0.2) is 4.98 Å². The molecule has 0 spiro atoms. The van der Waals surface area contributed by atoms with Gasteiger partial charge >= 0.3 is 0 Å². The molecule has 6 nitrogen and oxygen atoms in total. The maximum atomic E-state index is 12.4. The Hall–Kier alpha value is -3.28. The van der Waals surface area contributed by atoms with Crippen LogP contribution >= 0.6 is 0 Å². The average molecular weight is 293 g/mol. The number of hydrogen-bond acceptors (Lipinski definition) is 4. The van der Waals surface area contributed by atoms with Crippen LogP contribution in [0.2, 0.25) is 0 Å². The summed E-state index contributed by atoms with van der Waals surface area (Å²) in [4.78, 5) is 40.7. The minimum atomic E-state index is -0.318. The molecule has 0 aliphatic heterocycles. The molecule has 0 unspecified atom stereocenters. The number of nitrogens with zero attached hydrogens (tertiary/aromatic N) is 1. The van der Waals surface area contributed by atoms with Crippen molar-refractivity contribution in [3.05, 3.63) is 70.1 Å². The predicted octanol–water partition coefficient (Wildman–Crippen LogP) is 1.72. The van der Waals surface area contributed by atoms with E-state index in [1.54, 1.807) is 42.5 Å². The minimum absolute atomic E-state index is 0.177. The SMILES string of the molecule is O=CNc1ccc(C(=O)c2ccc3ncc(=O)[nH]c3c2)cc1. The van der Waals surface area contributed by atoms with Gasteiger partial charge in [-0.15, -0.1) is 0 Å². The summed E-state index contributed by atoms with van der Waals surface area (Å²) in [5.74, 6) is -0.177. The quantitative estimate of drug-likeness (QED) is 0.566. The van der Waals surface area contributed by atoms with Gasteiger partial charge in [-0.3, -0.25) is 14.4 Å². The average Bonchev–Trinajstić information content (AvgIpc) is 2.54. The van der Waals surface area contributed by atoms with Gasteiger partial charge in [-0.05, 0) is 42.5 Å². The fourth-order valence-corrected chi connectivity index (χ4v) is 2.14. The van der Waals surface area contributed by atoms with Gasteiger partial charge in [0.25, 0.3) is 5.56 Å². The molecule has 3 rings (SSSR count). The molecule has 108 valence electrons. The van der Waals surface area contributed by atoms with Crippen LogP contribution in [0, 0.1) is 0 Å². The molecule has 2 N–H and O–H groups in total. The summed E-state index contributed by atoms with van der Waals surface area (Å²) in [6, 6.07) is 11.5. The van der Waals surface area contributed by atoms with Crippen molar-refractivity contribution in [1.82, 2.24) is 9.97 Å². The lowest BCUT2D eigenvalue weighted by Gasteiger charge is -2.04. The fourth-order valence-electron chi connectivity index (χ4n) is 2.14. The highest BCUT2D eigenvalue weighted by Gasteiger charge is 2.10. The highest BCUT2D eigenvalue weighted by molar-refractivity contribution is 6.10. The predicted molar refractivity (Wildman–Crippen MR) is 81.9 cm³/mol. The molecule has 1 amide bonds. The van der Waals surface area contributed by atoms with Crippen molar-refractivity contribution in [3.63, 3.8) is 0 Å². The van der Waals surface area contributed by atoms with Gasteiger partial charge in [0, 0.05) is 16.8 Å². The van der Waals surface area contributed by atoms with Crippen molar-refractivity contribution in [2.75, 3.05) is 5.32 Å². The van der Waals surface area contributed by atoms with Gasteiger partial charge < -0.3 is 10.3 Å². The van der Waals surface area contributed by atoms with Crippen LogP contribution in [-0.2, 0) is 4.79 Å². The number of anilines is 1. The number of aromatic amines is 1. The van der Waals surface area contributed by atoms with Crippen LogP contribution in [0.25, 0.3) is 11.0 Å². The lowest BCUT2D eigenvalue weighted by atomic mass is 10.0. The van der Waals surface area contributed by atoms with Crippen LogP contribution in [0.3, 0.4) is 0 Å². The molecule has 0 bridgehead atoms. The lowest BCUT2D eigenvalue weighted by molar-refractivity contribution is -0.105. The summed E-state index contributed by atoms with van der Waals surface area (Å²) >= 11 is 0. The van der Waals surface area contributed by atoms with Crippen LogP contribution in [0.4, 0.5) is 5.69 Å². The molecule has 1 aromatic heterocycles. The topological polar surface area (TPSA) is 91.9 Å². The molecule has 0 saturated heterocycles. The van der Waals surface area contributed by atoms with Crippen LogP contribution in [-0.4, -0.2) is 22.2 Å². The summed E-state index contributed by atoms with van der Waals surface area (Å²) in [5.41, 5.74) is 2.36. The largest absolute Gasteiger partial charge is 0.329 e. The minimum Gasteiger partial charge on any atom is -0.329 e. The third-order valence-corrected chi connectivity index (χ3v) is 3.21. The highest BCUT2D eigenvalue weighted by Crippen LogP contribution is 2.16. The first-order valence-corrected chi connectivity index (χ1v) is 6.51. The molecule has 0 saturated carbocycles. The van der Waals surface area contributed by atoms with Gasteiger partial charge in [-0.1, -0.05) is 0 Å². The molecule has 0 radical (unpaired) electrons. The number of amides is 1. The van der Waals surface area contributed by atoms with E-state index in [1.165, 1.54) is 6.20 Å². The van der Waals surface area contributed by atoms with Crippen LogP contribution < -0.4 is 10.9 Å². The van der Waals surface area contributed by atoms with Crippen molar-refractivity contribution < 1.29 is 9.59 Å². The van der Waals surface area contributed by atoms with Crippen LogP contribution in [0.15, 0.2) is 53.5 Å². The maximum Gasteiger partial charge on any atom is 0.266 e. The Morgan fingerprint density at radius 1 is 1.09 bits per heavy atom. The summed E-state index contributed by atoms with van der Waals surface area (Å²) in [6.07, 6.45) is 1.77. The van der Waals surface area contributed by atoms with E-state index in [0.717, 1.165) is 0 Å². The van der Waals surface area contributed by atoms with Gasteiger partial charge in [0.05, 0.1) is 17.2 Å². The number of ketones is 1. The molecule has 22 heavy (non-hydrogen) atoms. The number of nitrogens with one attached hydrogen (secondary N) is 2. The van der Waals surface area contributed by atoms with Crippen molar-refractivity contribution in [3.8, 4) is 0 Å². The third-order valence-electron chi connectivity index (χ3n) is 3.21. The normalized spacial score (nSPS) is 10.4. The molecular weight excluding hydrogens is 282 g/mol. The monoisotopic (exact) mass is 293 g/mol. The number of carbonyl (C=O) groups excluding carboxylic acids is 2. The van der Waals surface area contributed by atoms with Gasteiger partial charge in [0.15, 0.2) is 5.78 Å². The van der Waals surface area contributed by atoms with Gasteiger partial charge in [-0.2, -0.15) is 0 Å². The molecule has 0 aliphatic carbocycles. The molecule has 3 aromatic rings. The molecule has 0 atom stereocenters. The second-order valence-corrected chi connectivity index (χ2v) is 4.65. The Kier molecular flexibility index (Phi) is 3.49. The Labute approximate surface area is 124 Å². The highest BCUT2D eigenvalue weighted by atomic mass is 16.1. The van der Waals surface area contributed by atoms with Crippen molar-refractivity contribution in [2.24, 2.45) is 0 Å². The van der Waals surface area contributed by atoms with E-state index >= 15 is 0 Å². The molecule has 2 aromatic carbocycles. The van der Waals surface area contributed by atoms with E-state index in [2.05, 4.69) is 15.3 Å².